The molecule has 3 heterocycles. The van der Waals surface area contributed by atoms with Crippen LogP contribution in [0.4, 0.5) is 0 Å². The fourth-order valence-corrected chi connectivity index (χ4v) is 4.24. The molecule has 2 aromatic heterocycles. The van der Waals surface area contributed by atoms with Crippen LogP contribution in [0.1, 0.15) is 29.5 Å². The Morgan fingerprint density at radius 2 is 2.09 bits per heavy atom. The molecule has 0 radical (unpaired) electrons. The van der Waals surface area contributed by atoms with E-state index in [0.717, 1.165) is 17.0 Å². The highest BCUT2D eigenvalue weighted by molar-refractivity contribution is 7.89. The number of aryl methyl sites for hydroxylation is 3. The third kappa shape index (κ3) is 2.91. The molecule has 0 aliphatic carbocycles. The van der Waals surface area contributed by atoms with Crippen molar-refractivity contribution in [3.05, 3.63) is 29.5 Å². The van der Waals surface area contributed by atoms with Crippen molar-refractivity contribution in [2.24, 2.45) is 14.1 Å². The summed E-state index contributed by atoms with van der Waals surface area (Å²) in [6.07, 6.45) is 3.23. The molecule has 0 amide bonds. The third-order valence-electron chi connectivity index (χ3n) is 4.20. The summed E-state index contributed by atoms with van der Waals surface area (Å²) in [4.78, 5) is 3.92. The van der Waals surface area contributed by atoms with Crippen molar-refractivity contribution >= 4 is 10.0 Å². The number of nitrogens with zero attached hydrogens (tertiary/aromatic N) is 4. The first-order valence-electron chi connectivity index (χ1n) is 7.41. The second-order valence-corrected chi connectivity index (χ2v) is 7.55. The largest absolute Gasteiger partial charge is 0.372 e. The fourth-order valence-electron chi connectivity index (χ4n) is 2.98. The van der Waals surface area contributed by atoms with E-state index < -0.39 is 10.0 Å². The highest BCUT2D eigenvalue weighted by Gasteiger charge is 2.36. The number of hydrogen-bond acceptors (Lipinski definition) is 5. The summed E-state index contributed by atoms with van der Waals surface area (Å²) in [5.41, 5.74) is 2.80. The van der Waals surface area contributed by atoms with Gasteiger partial charge in [-0.25, -0.2) is 18.1 Å². The van der Waals surface area contributed by atoms with E-state index in [1.807, 2.05) is 20.9 Å². The predicted octanol–water partition coefficient (Wildman–Crippen LogP) is 0.579. The van der Waals surface area contributed by atoms with E-state index in [2.05, 4.69) is 14.8 Å². The van der Waals surface area contributed by atoms with Crippen LogP contribution in [0.2, 0.25) is 0 Å². The minimum absolute atomic E-state index is 0.0188. The first-order valence-corrected chi connectivity index (χ1v) is 8.90. The molecule has 0 spiro atoms. The van der Waals surface area contributed by atoms with Crippen LogP contribution in [-0.4, -0.2) is 40.4 Å². The first-order chi connectivity index (χ1) is 10.8. The van der Waals surface area contributed by atoms with E-state index in [1.54, 1.807) is 16.3 Å². The van der Waals surface area contributed by atoms with Gasteiger partial charge in [0.2, 0.25) is 0 Å². The number of ether oxygens (including phenoxy) is 1. The van der Waals surface area contributed by atoms with Crippen molar-refractivity contribution in [3.63, 3.8) is 0 Å². The van der Waals surface area contributed by atoms with Crippen LogP contribution >= 0.6 is 0 Å². The lowest BCUT2D eigenvalue weighted by atomic mass is 10.0. The number of imidazole rings is 1. The number of nitrogens with one attached hydrogen (secondary N) is 1. The van der Waals surface area contributed by atoms with E-state index in [0.29, 0.717) is 13.0 Å². The monoisotopic (exact) mass is 339 g/mol. The van der Waals surface area contributed by atoms with Crippen LogP contribution in [0.25, 0.3) is 0 Å². The summed E-state index contributed by atoms with van der Waals surface area (Å²) >= 11 is 0. The topological polar surface area (TPSA) is 91.0 Å². The van der Waals surface area contributed by atoms with Gasteiger partial charge in [-0.2, -0.15) is 5.10 Å². The molecule has 1 fully saturated rings. The first kappa shape index (κ1) is 16.2. The summed E-state index contributed by atoms with van der Waals surface area (Å²) in [6, 6.07) is -0.330. The molecule has 23 heavy (non-hydrogen) atoms. The highest BCUT2D eigenvalue weighted by atomic mass is 32.2. The SMILES string of the molecule is Cc1nn(C)c(C)c1[C@H]1OCC[C@@H]1NS(=O)(=O)c1cn(C)cn1. The van der Waals surface area contributed by atoms with Crippen molar-refractivity contribution in [2.75, 3.05) is 6.61 Å². The Labute approximate surface area is 135 Å². The average molecular weight is 339 g/mol. The van der Waals surface area contributed by atoms with Crippen molar-refractivity contribution in [3.8, 4) is 0 Å². The molecule has 2 aromatic rings. The van der Waals surface area contributed by atoms with Gasteiger partial charge in [0, 0.05) is 38.2 Å². The van der Waals surface area contributed by atoms with Gasteiger partial charge in [0.1, 0.15) is 6.10 Å². The summed E-state index contributed by atoms with van der Waals surface area (Å²) in [7, 11) is -0.0709. The zero-order chi connectivity index (χ0) is 16.8. The number of aromatic nitrogens is 4. The molecule has 126 valence electrons. The van der Waals surface area contributed by atoms with Gasteiger partial charge in [0.05, 0.1) is 18.1 Å². The molecule has 1 N–H and O–H groups in total. The van der Waals surface area contributed by atoms with Crippen molar-refractivity contribution in [1.82, 2.24) is 24.1 Å². The zero-order valence-corrected chi connectivity index (χ0v) is 14.5. The van der Waals surface area contributed by atoms with Crippen LogP contribution in [0, 0.1) is 13.8 Å². The summed E-state index contributed by atoms with van der Waals surface area (Å²) in [6.45, 7) is 4.38. The Hall–Kier alpha value is -1.71. The molecule has 1 aliphatic heterocycles. The molecule has 1 aliphatic rings. The minimum Gasteiger partial charge on any atom is -0.372 e. The maximum atomic E-state index is 12.5. The lowest BCUT2D eigenvalue weighted by Gasteiger charge is -2.20. The van der Waals surface area contributed by atoms with Crippen LogP contribution < -0.4 is 4.72 Å². The molecular weight excluding hydrogens is 318 g/mol. The van der Waals surface area contributed by atoms with Crippen LogP contribution in [0.3, 0.4) is 0 Å². The molecular formula is C14H21N5O3S. The maximum Gasteiger partial charge on any atom is 0.259 e. The van der Waals surface area contributed by atoms with Gasteiger partial charge in [-0.15, -0.1) is 0 Å². The lowest BCUT2D eigenvalue weighted by Crippen LogP contribution is -2.37. The van der Waals surface area contributed by atoms with Crippen LogP contribution in [-0.2, 0) is 28.9 Å². The molecule has 9 heteroatoms. The average Bonchev–Trinajstić information content (AvgIpc) is 3.13. The lowest BCUT2D eigenvalue weighted by molar-refractivity contribution is 0.101. The molecule has 0 aromatic carbocycles. The van der Waals surface area contributed by atoms with Gasteiger partial charge < -0.3 is 9.30 Å². The smallest absolute Gasteiger partial charge is 0.259 e. The molecule has 2 atom stereocenters. The summed E-state index contributed by atoms with van der Waals surface area (Å²) in [5.74, 6) is 0. The minimum atomic E-state index is -3.67. The number of hydrogen-bond donors (Lipinski definition) is 1. The Balaban J connectivity index is 1.88. The van der Waals surface area contributed by atoms with Gasteiger partial charge in [-0.05, 0) is 20.3 Å². The van der Waals surface area contributed by atoms with Crippen molar-refractivity contribution in [1.29, 1.82) is 0 Å². The van der Waals surface area contributed by atoms with E-state index in [4.69, 9.17) is 4.74 Å². The normalized spacial score (nSPS) is 21.9. The van der Waals surface area contributed by atoms with Crippen molar-refractivity contribution < 1.29 is 13.2 Å². The van der Waals surface area contributed by atoms with E-state index >= 15 is 0 Å². The second-order valence-electron chi connectivity index (χ2n) is 5.89. The van der Waals surface area contributed by atoms with Crippen LogP contribution in [0.15, 0.2) is 17.6 Å². The zero-order valence-electron chi connectivity index (χ0n) is 13.6. The fraction of sp³-hybridized carbons (Fsp3) is 0.571. The second kappa shape index (κ2) is 5.73. The van der Waals surface area contributed by atoms with Crippen molar-refractivity contribution in [2.45, 2.75) is 37.4 Å². The molecule has 0 bridgehead atoms. The molecule has 1 saturated heterocycles. The molecule has 8 nitrogen and oxygen atoms in total. The maximum absolute atomic E-state index is 12.5. The summed E-state index contributed by atoms with van der Waals surface area (Å²) < 4.78 is 36.9. The van der Waals surface area contributed by atoms with Gasteiger partial charge in [-0.3, -0.25) is 4.68 Å². The third-order valence-corrected chi connectivity index (χ3v) is 5.58. The molecule has 0 saturated carbocycles. The van der Waals surface area contributed by atoms with Gasteiger partial charge in [0.15, 0.2) is 5.03 Å². The quantitative estimate of drug-likeness (QED) is 0.880. The van der Waals surface area contributed by atoms with E-state index in [1.165, 1.54) is 12.5 Å². The van der Waals surface area contributed by atoms with E-state index in [-0.39, 0.29) is 17.2 Å². The standard InChI is InChI=1S/C14H21N5O3S/c1-9-13(10(2)19(4)16-9)14-11(5-6-22-14)17-23(20,21)12-7-18(3)8-15-12/h7-8,11,14,17H,5-6H2,1-4H3/t11-,14-/m0/s1. The Kier molecular flexibility index (Phi) is 4.03. The van der Waals surface area contributed by atoms with Gasteiger partial charge in [-0.1, -0.05) is 0 Å². The van der Waals surface area contributed by atoms with E-state index in [9.17, 15) is 8.42 Å². The van der Waals surface area contributed by atoms with Gasteiger partial charge in [0.25, 0.3) is 10.0 Å². The summed E-state index contributed by atoms with van der Waals surface area (Å²) in [5, 5.41) is 4.41. The number of sulfonamides is 1. The Bertz CT molecular complexity index is 824. The predicted molar refractivity (Wildman–Crippen MR) is 83.3 cm³/mol. The van der Waals surface area contributed by atoms with Crippen LogP contribution in [0.5, 0.6) is 0 Å². The number of rotatable bonds is 4. The molecule has 0 unspecified atom stereocenters. The van der Waals surface area contributed by atoms with Gasteiger partial charge >= 0.3 is 0 Å². The molecule has 3 rings (SSSR count). The Morgan fingerprint density at radius 1 is 1.35 bits per heavy atom. The Morgan fingerprint density at radius 3 is 2.65 bits per heavy atom. The highest BCUT2D eigenvalue weighted by Crippen LogP contribution is 2.33.